The van der Waals surface area contributed by atoms with Gasteiger partial charge in [-0.3, -0.25) is 42.8 Å². The molecule has 33 heteroatoms. The van der Waals surface area contributed by atoms with Gasteiger partial charge in [-0.2, -0.15) is 25.5 Å². The molecule has 0 saturated heterocycles. The molecule has 0 aliphatic carbocycles. The fraction of sp³-hybridized carbons (Fsp3) is 0.220. The number of nitrogen functional groups attached to an aromatic ring is 2. The molecule has 0 amide bonds. The number of fused-ring (bicyclic) bond motifs is 6. The van der Waals surface area contributed by atoms with E-state index in [9.17, 15) is 41.5 Å². The maximum absolute atomic E-state index is 13.0. The van der Waals surface area contributed by atoms with Crippen molar-refractivity contribution in [1.29, 1.82) is 0 Å². The molecule has 0 unspecified atom stereocenters. The first-order valence-electron chi connectivity index (χ1n) is 37.7. The number of Topliss-reactive ketones (excluding diaryl/α,β-unsaturated/α-hetero) is 2. The summed E-state index contributed by atoms with van der Waals surface area (Å²) in [4.78, 5) is 61.5. The predicted molar refractivity (Wildman–Crippen MR) is 530 cm³/mol. The summed E-state index contributed by atoms with van der Waals surface area (Å²) in [7, 11) is 9.46. The molecule has 124 heavy (non-hydrogen) atoms. The lowest BCUT2D eigenvalue weighted by molar-refractivity contribution is -0.138. The molecule has 5 aromatic heterocycles. The van der Waals surface area contributed by atoms with Crippen molar-refractivity contribution in [1.82, 2.24) is 48.9 Å². The normalized spacial score (nSPS) is 10.7. The molecular weight excluding hydrogens is 2280 g/mol. The summed E-state index contributed by atoms with van der Waals surface area (Å²) in [5, 5.41) is 26.9. The zero-order valence-corrected chi connectivity index (χ0v) is 85.8. The van der Waals surface area contributed by atoms with Crippen LogP contribution in [-0.4, -0.2) is 98.1 Å². The summed E-state index contributed by atoms with van der Waals surface area (Å²) in [6.07, 6.45) is 11.7. The van der Waals surface area contributed by atoms with Gasteiger partial charge in [0, 0.05) is 159 Å². The largest absolute Gasteiger partial charge is 0.460 e. The Kier molecular flexibility index (Phi) is 39.4. The van der Waals surface area contributed by atoms with Crippen LogP contribution in [0.5, 0.6) is 0 Å². The van der Waals surface area contributed by atoms with Crippen LogP contribution >= 0.6 is 157 Å². The molecule has 0 saturated carbocycles. The number of aromatic nitrogens is 10. The van der Waals surface area contributed by atoms with E-state index in [1.807, 2.05) is 111 Å². The SMILES string of the molecule is CCOC(=O)C(=O)c1ccc2cnn(C)c2c1C.CCOC(=O)C(=O)c1ccc2cnn(C)c2c1CBr.Cc1c(Br)ccc(C=O)c1F.Cc1c(Br)ccc(I)c1F.Cc1c(Br)ccc2c1CN=C2.Cc1c(Br)ccc2cn(C)nc12.Cc1c(Br)ccc2cnn(C)c12.Cc1c(Br)ccc2cnn(C)c12.Cc1c(N)ccc(I)c1F.Cc1c(N)cccc1F. The Labute approximate surface area is 802 Å². The maximum Gasteiger partial charge on any atom is 0.379 e. The lowest BCUT2D eigenvalue weighted by Crippen LogP contribution is -2.19. The third-order valence-corrected chi connectivity index (χ3v) is 26.7. The molecule has 0 radical (unpaired) electrons. The van der Waals surface area contributed by atoms with Gasteiger partial charge in [-0.25, -0.2) is 27.2 Å². The molecule has 0 bridgehead atoms. The molecule has 0 fully saturated rings. The first-order chi connectivity index (χ1) is 58.7. The number of halogens is 13. The van der Waals surface area contributed by atoms with Crippen molar-refractivity contribution in [3.63, 3.8) is 0 Å². The standard InChI is InChI=1S/C13H13BrN2O3.C13H14N2O3.3C9H9BrN2.C9H8BrN.C8H6BrFO.C7H5BrFI.C7H7FIN.C7H8FN/c1-3-19-13(18)12(17)9-5-4-8-7-15-16(2)11(8)10(9)6-14;1-4-18-13(17)12(16)10-6-5-9-7-14-15(3)11(9)8(10)2;1-6-8(10)4-3-7-5-12(2)11-9(6)7;2*1-6-8(10)4-3-7-5-11-12(2)9(6)7;1-6-8-5-11-4-7(8)2-3-9(6)10;1-5-7(9)3-2-6(4-11)8(5)10;1-4-5(8)2-3-6(10)7(4)9;1-4-6(10)3-2-5(9)7(4)8;1-5-6(8)3-2-4-7(5)9/h4-5,7H,3,6H2,1-2H3;5-7H,4H2,1-3H3;3*3-5H,1-2H3;2-4H,5H2,1H3;2-4H,1H3;2-3H,1H3;2-3H,10H2,1H3;2-4H,9H2,1H3. The quantitative estimate of drug-likeness (QED) is 0.0165. The number of nitrogens with zero attached hydrogens (tertiary/aromatic N) is 11. The van der Waals surface area contributed by atoms with Gasteiger partial charge in [0.05, 0.1) is 77.7 Å². The molecule has 0 spiro atoms. The number of alkyl halides is 1. The third-order valence-electron chi connectivity index (χ3n) is 19.4. The summed E-state index contributed by atoms with van der Waals surface area (Å²) in [5.41, 5.74) is 29.2. The van der Waals surface area contributed by atoms with Gasteiger partial charge < -0.3 is 20.9 Å². The number of carbonyl (C=O) groups excluding carboxylic acids is 5. The van der Waals surface area contributed by atoms with E-state index in [1.54, 1.807) is 145 Å². The Hall–Kier alpha value is -8.69. The molecule has 650 valence electrons. The number of anilines is 2. The smallest absolute Gasteiger partial charge is 0.379 e. The van der Waals surface area contributed by atoms with Crippen LogP contribution in [0.15, 0.2) is 190 Å². The third kappa shape index (κ3) is 26.0. The van der Waals surface area contributed by atoms with E-state index in [2.05, 4.69) is 218 Å². The van der Waals surface area contributed by atoms with E-state index < -0.39 is 29.3 Å². The van der Waals surface area contributed by atoms with Crippen molar-refractivity contribution in [3.8, 4) is 0 Å². The highest BCUT2D eigenvalue weighted by Crippen LogP contribution is 2.32. The van der Waals surface area contributed by atoms with Crippen LogP contribution in [0.2, 0.25) is 0 Å². The highest BCUT2D eigenvalue weighted by molar-refractivity contribution is 14.1. The van der Waals surface area contributed by atoms with Gasteiger partial charge in [-0.1, -0.05) is 154 Å². The van der Waals surface area contributed by atoms with Crippen molar-refractivity contribution in [2.75, 3.05) is 24.7 Å². The second-order valence-corrected chi connectivity index (χ2v) is 35.6. The van der Waals surface area contributed by atoms with Gasteiger partial charge in [-0.05, 0) is 251 Å². The van der Waals surface area contributed by atoms with Crippen molar-refractivity contribution in [2.45, 2.75) is 88.0 Å². The van der Waals surface area contributed by atoms with Crippen LogP contribution in [0.25, 0.3) is 54.5 Å². The minimum atomic E-state index is -0.828. The monoisotopic (exact) mass is 2360 g/mol. The topological polar surface area (TPSA) is 257 Å². The van der Waals surface area contributed by atoms with E-state index in [-0.39, 0.29) is 36.2 Å². The number of ether oxygens (including phenoxy) is 2. The molecule has 1 aliphatic heterocycles. The molecule has 16 rings (SSSR count). The van der Waals surface area contributed by atoms with Crippen LogP contribution in [0.1, 0.15) is 112 Å². The number of aryl methyl sites for hydroxylation is 9. The Morgan fingerprint density at radius 1 is 0.452 bits per heavy atom. The number of rotatable bonds is 8. The molecule has 10 aromatic carbocycles. The van der Waals surface area contributed by atoms with Gasteiger partial charge in [-0.15, -0.1) is 0 Å². The van der Waals surface area contributed by atoms with E-state index in [4.69, 9.17) is 20.9 Å². The van der Waals surface area contributed by atoms with Gasteiger partial charge in [0.25, 0.3) is 11.6 Å². The molecular formula is C91H88Br7F4I2N13O7. The highest BCUT2D eigenvalue weighted by atomic mass is 127. The van der Waals surface area contributed by atoms with Crippen LogP contribution in [0.3, 0.4) is 0 Å². The van der Waals surface area contributed by atoms with Crippen molar-refractivity contribution >= 4 is 259 Å². The number of ketones is 2. The van der Waals surface area contributed by atoms with Gasteiger partial charge >= 0.3 is 11.9 Å². The van der Waals surface area contributed by atoms with Gasteiger partial charge in [0.1, 0.15) is 23.3 Å². The van der Waals surface area contributed by atoms with Gasteiger partial charge in [0.15, 0.2) is 6.29 Å². The molecule has 0 atom stereocenters. The van der Waals surface area contributed by atoms with Crippen LogP contribution in [0, 0.1) is 92.7 Å². The minimum absolute atomic E-state index is 0.103. The lowest BCUT2D eigenvalue weighted by atomic mass is 10.0. The summed E-state index contributed by atoms with van der Waals surface area (Å²) >= 11 is 27.6. The number of hydrogen-bond donors (Lipinski definition) is 2. The molecule has 20 nitrogen and oxygen atoms in total. The van der Waals surface area contributed by atoms with Gasteiger partial charge in [0.2, 0.25) is 0 Å². The fourth-order valence-corrected chi connectivity index (χ4v) is 15.9. The van der Waals surface area contributed by atoms with Crippen LogP contribution in [0.4, 0.5) is 28.9 Å². The zero-order chi connectivity index (χ0) is 92.0. The number of aliphatic imine (C=N–C) groups is 1. The average Bonchev–Trinajstić information content (AvgIpc) is 1.61. The fourth-order valence-electron chi connectivity index (χ4n) is 12.2. The number of esters is 2. The minimum Gasteiger partial charge on any atom is -0.460 e. The van der Waals surface area contributed by atoms with Crippen LogP contribution in [-0.2, 0) is 66.2 Å². The Bertz CT molecular complexity index is 6240. The number of nitrogens with two attached hydrogens (primary N) is 2. The first kappa shape index (κ1) is 102. The van der Waals surface area contributed by atoms with Crippen molar-refractivity contribution in [2.24, 2.45) is 40.2 Å². The molecule has 4 N–H and O–H groups in total. The Morgan fingerprint density at radius 3 is 1.32 bits per heavy atom. The first-order valence-corrected chi connectivity index (χ1v) is 45.7. The number of aldehydes is 1. The summed E-state index contributed by atoms with van der Waals surface area (Å²) in [5.74, 6) is -3.91. The maximum atomic E-state index is 13.0. The average molecular weight is 2360 g/mol. The predicted octanol–water partition coefficient (Wildman–Crippen LogP) is 24.7. The van der Waals surface area contributed by atoms with E-state index in [0.29, 0.717) is 68.0 Å². The molecule has 15 aromatic rings. The zero-order valence-electron chi connectivity index (χ0n) is 70.3. The highest BCUT2D eigenvalue weighted by Gasteiger charge is 2.25. The number of carbonyl (C=O) groups is 5. The lowest BCUT2D eigenvalue weighted by Gasteiger charge is -2.08. The summed E-state index contributed by atoms with van der Waals surface area (Å²) in [6.45, 7) is 21.4. The molecule has 1 aliphatic rings. The van der Waals surface area contributed by atoms with Crippen LogP contribution < -0.4 is 11.5 Å². The second-order valence-electron chi connectivity index (χ2n) is 27.5. The molecule has 6 heterocycles. The Balaban J connectivity index is 0.000000191. The number of benzene rings is 10. The number of hydrogen-bond acceptors (Lipinski definition) is 15. The Morgan fingerprint density at radius 2 is 0.847 bits per heavy atom. The van der Waals surface area contributed by atoms with E-state index >= 15 is 0 Å². The summed E-state index contributed by atoms with van der Waals surface area (Å²) in [6, 6.07) is 38.1. The van der Waals surface area contributed by atoms with Crippen molar-refractivity contribution < 1.29 is 51.0 Å². The summed E-state index contributed by atoms with van der Waals surface area (Å²) < 4.78 is 77.2. The second kappa shape index (κ2) is 47.8. The van der Waals surface area contributed by atoms with Crippen molar-refractivity contribution in [3.05, 3.63) is 299 Å². The van der Waals surface area contributed by atoms with E-state index in [0.717, 1.165) is 62.9 Å². The van der Waals surface area contributed by atoms with E-state index in [1.165, 1.54) is 77.2 Å².